The highest BCUT2D eigenvalue weighted by atomic mass is 32.2. The van der Waals surface area contributed by atoms with Crippen molar-refractivity contribution >= 4 is 23.4 Å². The fourth-order valence-corrected chi connectivity index (χ4v) is 3.42. The van der Waals surface area contributed by atoms with Crippen LogP contribution in [-0.4, -0.2) is 16.6 Å². The van der Waals surface area contributed by atoms with Gasteiger partial charge in [0.2, 0.25) is 0 Å². The van der Waals surface area contributed by atoms with Crippen LogP contribution < -0.4 is 5.32 Å². The molecular formula is C21H17F3N2OS. The van der Waals surface area contributed by atoms with Crippen LogP contribution in [0.5, 0.6) is 0 Å². The van der Waals surface area contributed by atoms with Gasteiger partial charge >= 0.3 is 0 Å². The third-order valence-electron chi connectivity index (χ3n) is 3.96. The lowest BCUT2D eigenvalue weighted by Crippen LogP contribution is -2.13. The van der Waals surface area contributed by atoms with Gasteiger partial charge in [-0.2, -0.15) is 0 Å². The van der Waals surface area contributed by atoms with E-state index in [9.17, 15) is 18.0 Å². The van der Waals surface area contributed by atoms with E-state index in [2.05, 4.69) is 10.3 Å². The van der Waals surface area contributed by atoms with Crippen molar-refractivity contribution in [3.8, 4) is 0 Å². The SMILES string of the molecule is O=C(Nc1cccnc1SCCCc1ccc(F)cc1)c1ccc(F)c(F)c1. The van der Waals surface area contributed by atoms with Gasteiger partial charge in [0.15, 0.2) is 11.6 Å². The van der Waals surface area contributed by atoms with E-state index in [-0.39, 0.29) is 11.4 Å². The summed E-state index contributed by atoms with van der Waals surface area (Å²) in [6.07, 6.45) is 3.27. The summed E-state index contributed by atoms with van der Waals surface area (Å²) in [5.41, 5.74) is 1.58. The number of nitrogens with zero attached hydrogens (tertiary/aromatic N) is 1. The molecular weight excluding hydrogens is 385 g/mol. The lowest BCUT2D eigenvalue weighted by Gasteiger charge is -2.10. The Balaban J connectivity index is 1.58. The second-order valence-corrected chi connectivity index (χ2v) is 7.10. The molecule has 144 valence electrons. The van der Waals surface area contributed by atoms with Crippen molar-refractivity contribution in [3.05, 3.63) is 89.4 Å². The molecule has 0 fully saturated rings. The monoisotopic (exact) mass is 402 g/mol. The smallest absolute Gasteiger partial charge is 0.255 e. The van der Waals surface area contributed by atoms with Crippen LogP contribution in [-0.2, 0) is 6.42 Å². The number of rotatable bonds is 7. The molecule has 7 heteroatoms. The molecule has 0 bridgehead atoms. The van der Waals surface area contributed by atoms with Crippen LogP contribution in [0.1, 0.15) is 22.3 Å². The van der Waals surface area contributed by atoms with Crippen LogP contribution in [0.25, 0.3) is 0 Å². The summed E-state index contributed by atoms with van der Waals surface area (Å²) in [6, 6.07) is 12.8. The maximum Gasteiger partial charge on any atom is 0.255 e. The number of nitrogens with one attached hydrogen (secondary N) is 1. The molecule has 3 nitrogen and oxygen atoms in total. The number of carbonyl (C=O) groups is 1. The van der Waals surface area contributed by atoms with E-state index in [0.717, 1.165) is 36.3 Å². The van der Waals surface area contributed by atoms with E-state index in [0.29, 0.717) is 10.7 Å². The van der Waals surface area contributed by atoms with Gasteiger partial charge in [-0.15, -0.1) is 11.8 Å². The van der Waals surface area contributed by atoms with Crippen LogP contribution in [0.3, 0.4) is 0 Å². The topological polar surface area (TPSA) is 42.0 Å². The molecule has 3 rings (SSSR count). The summed E-state index contributed by atoms with van der Waals surface area (Å²) in [6.45, 7) is 0. The van der Waals surface area contributed by atoms with Crippen molar-refractivity contribution in [3.63, 3.8) is 0 Å². The van der Waals surface area contributed by atoms with Crippen LogP contribution in [0, 0.1) is 17.5 Å². The molecule has 3 aromatic rings. The molecule has 0 spiro atoms. The zero-order chi connectivity index (χ0) is 19.9. The predicted octanol–water partition coefficient (Wildman–Crippen LogP) is 5.48. The van der Waals surface area contributed by atoms with Gasteiger partial charge in [-0.3, -0.25) is 4.79 Å². The predicted molar refractivity (Wildman–Crippen MR) is 104 cm³/mol. The number of halogens is 3. The Morgan fingerprint density at radius 1 is 1.00 bits per heavy atom. The zero-order valence-electron chi connectivity index (χ0n) is 14.8. The third-order valence-corrected chi connectivity index (χ3v) is 5.05. The van der Waals surface area contributed by atoms with Gasteiger partial charge in [-0.25, -0.2) is 18.2 Å². The number of thioether (sulfide) groups is 1. The van der Waals surface area contributed by atoms with Gasteiger partial charge in [-0.1, -0.05) is 12.1 Å². The highest BCUT2D eigenvalue weighted by Crippen LogP contribution is 2.26. The van der Waals surface area contributed by atoms with Crippen molar-refractivity contribution in [1.82, 2.24) is 4.98 Å². The van der Waals surface area contributed by atoms with Gasteiger partial charge in [-0.05, 0) is 66.6 Å². The first-order valence-electron chi connectivity index (χ1n) is 8.61. The Labute approximate surface area is 165 Å². The van der Waals surface area contributed by atoms with Crippen molar-refractivity contribution in [2.45, 2.75) is 17.9 Å². The first kappa shape index (κ1) is 19.9. The van der Waals surface area contributed by atoms with Gasteiger partial charge < -0.3 is 5.32 Å². The molecule has 1 aromatic heterocycles. The second-order valence-electron chi connectivity index (χ2n) is 6.02. The quantitative estimate of drug-likeness (QED) is 0.421. The molecule has 0 aliphatic heterocycles. The van der Waals surface area contributed by atoms with Gasteiger partial charge in [0, 0.05) is 11.8 Å². The molecule has 2 aromatic carbocycles. The Morgan fingerprint density at radius 3 is 2.54 bits per heavy atom. The molecule has 0 saturated carbocycles. The maximum absolute atomic E-state index is 13.3. The summed E-state index contributed by atoms with van der Waals surface area (Å²) in [4.78, 5) is 16.6. The molecule has 1 heterocycles. The zero-order valence-corrected chi connectivity index (χ0v) is 15.6. The van der Waals surface area contributed by atoms with E-state index in [1.54, 1.807) is 30.5 Å². The summed E-state index contributed by atoms with van der Waals surface area (Å²) in [5, 5.41) is 3.32. The standard InChI is InChI=1S/C21H17F3N2OS/c22-16-8-5-14(6-9-16)3-2-12-28-21-19(4-1-11-25-21)26-20(27)15-7-10-17(23)18(24)13-15/h1,4-11,13H,2-3,12H2,(H,26,27). The number of pyridine rings is 1. The van der Waals surface area contributed by atoms with Crippen LogP contribution in [0.4, 0.5) is 18.9 Å². The van der Waals surface area contributed by atoms with E-state index in [4.69, 9.17) is 0 Å². The molecule has 1 amide bonds. The van der Waals surface area contributed by atoms with Gasteiger partial charge in [0.05, 0.1) is 5.69 Å². The van der Waals surface area contributed by atoms with Crippen molar-refractivity contribution in [1.29, 1.82) is 0 Å². The molecule has 0 aliphatic rings. The van der Waals surface area contributed by atoms with Gasteiger partial charge in [0.25, 0.3) is 5.91 Å². The summed E-state index contributed by atoms with van der Waals surface area (Å²) >= 11 is 1.48. The highest BCUT2D eigenvalue weighted by molar-refractivity contribution is 7.99. The normalized spacial score (nSPS) is 10.7. The Morgan fingerprint density at radius 2 is 1.79 bits per heavy atom. The first-order chi connectivity index (χ1) is 13.5. The number of amides is 1. The fourth-order valence-electron chi connectivity index (χ4n) is 2.53. The lowest BCUT2D eigenvalue weighted by atomic mass is 10.1. The third kappa shape index (κ3) is 5.36. The number of hydrogen-bond donors (Lipinski definition) is 1. The number of benzene rings is 2. The molecule has 28 heavy (non-hydrogen) atoms. The van der Waals surface area contributed by atoms with Crippen molar-refractivity contribution in [2.75, 3.05) is 11.1 Å². The maximum atomic E-state index is 13.3. The first-order valence-corrected chi connectivity index (χ1v) is 9.60. The highest BCUT2D eigenvalue weighted by Gasteiger charge is 2.12. The summed E-state index contributed by atoms with van der Waals surface area (Å²) in [7, 11) is 0. The molecule has 0 radical (unpaired) electrons. The molecule has 1 N–H and O–H groups in total. The van der Waals surface area contributed by atoms with E-state index in [1.165, 1.54) is 30.0 Å². The van der Waals surface area contributed by atoms with E-state index in [1.807, 2.05) is 0 Å². The largest absolute Gasteiger partial charge is 0.320 e. The number of aromatic nitrogens is 1. The summed E-state index contributed by atoms with van der Waals surface area (Å²) < 4.78 is 39.3. The van der Waals surface area contributed by atoms with Crippen molar-refractivity contribution < 1.29 is 18.0 Å². The average molecular weight is 402 g/mol. The Hall–Kier alpha value is -2.80. The average Bonchev–Trinajstić information content (AvgIpc) is 2.70. The number of hydrogen-bond acceptors (Lipinski definition) is 3. The van der Waals surface area contributed by atoms with Gasteiger partial charge in [0.1, 0.15) is 10.8 Å². The van der Waals surface area contributed by atoms with Crippen LogP contribution >= 0.6 is 11.8 Å². The van der Waals surface area contributed by atoms with Crippen LogP contribution in [0.2, 0.25) is 0 Å². The molecule has 0 aliphatic carbocycles. The minimum atomic E-state index is -1.07. The second kappa shape index (κ2) is 9.41. The Kier molecular flexibility index (Phi) is 6.71. The minimum Gasteiger partial charge on any atom is -0.320 e. The fraction of sp³-hybridized carbons (Fsp3) is 0.143. The van der Waals surface area contributed by atoms with E-state index < -0.39 is 17.5 Å². The molecule has 0 unspecified atom stereocenters. The van der Waals surface area contributed by atoms with E-state index >= 15 is 0 Å². The lowest BCUT2D eigenvalue weighted by molar-refractivity contribution is 0.102. The number of carbonyl (C=O) groups excluding carboxylic acids is 1. The summed E-state index contributed by atoms with van der Waals surface area (Å²) in [5.74, 6) is -2.12. The number of aryl methyl sites for hydroxylation is 1. The molecule has 0 atom stereocenters. The van der Waals surface area contributed by atoms with Crippen molar-refractivity contribution in [2.24, 2.45) is 0 Å². The number of anilines is 1. The van der Waals surface area contributed by atoms with Crippen LogP contribution in [0.15, 0.2) is 65.8 Å². The molecule has 0 saturated heterocycles. The Bertz CT molecular complexity index is 964. The minimum absolute atomic E-state index is 0.0232.